The van der Waals surface area contributed by atoms with E-state index in [-0.39, 0.29) is 29.4 Å². The van der Waals surface area contributed by atoms with Crippen molar-refractivity contribution in [1.82, 2.24) is 4.90 Å². The Kier molecular flexibility index (Phi) is 4.57. The normalized spacial score (nSPS) is 25.9. The van der Waals surface area contributed by atoms with Gasteiger partial charge in [0.1, 0.15) is 6.04 Å². The largest absolute Gasteiger partial charge is 0.340 e. The van der Waals surface area contributed by atoms with Crippen molar-refractivity contribution >= 4 is 38.9 Å². The number of hydrogen-bond donors (Lipinski definition) is 0. The number of sulfone groups is 1. The molecule has 2 unspecified atom stereocenters. The van der Waals surface area contributed by atoms with Crippen LogP contribution in [-0.4, -0.2) is 55.8 Å². The Bertz CT molecular complexity index is 763. The predicted molar refractivity (Wildman–Crippen MR) is 91.8 cm³/mol. The summed E-state index contributed by atoms with van der Waals surface area (Å²) in [5.41, 5.74) is 0.632. The van der Waals surface area contributed by atoms with Crippen LogP contribution in [-0.2, 0) is 19.4 Å². The lowest BCUT2D eigenvalue weighted by atomic mass is 10.1. The zero-order chi connectivity index (χ0) is 17.5. The summed E-state index contributed by atoms with van der Waals surface area (Å²) >= 11 is 5.88. The Hall–Kier alpha value is -1.60. The van der Waals surface area contributed by atoms with Crippen LogP contribution in [0.4, 0.5) is 5.69 Å². The van der Waals surface area contributed by atoms with Crippen molar-refractivity contribution in [3.05, 3.63) is 29.3 Å². The maximum atomic E-state index is 12.9. The van der Waals surface area contributed by atoms with Crippen molar-refractivity contribution < 1.29 is 18.0 Å². The average Bonchev–Trinajstić information content (AvgIpc) is 3.09. The topological polar surface area (TPSA) is 74.8 Å². The SMILES string of the molecule is CN(C(=O)C1CCC(=O)N1c1ccc(Cl)cc1)C1CCS(=O)(=O)C1. The second-order valence-corrected chi connectivity index (χ2v) is 8.97. The molecule has 8 heteroatoms. The molecule has 0 aromatic heterocycles. The van der Waals surface area contributed by atoms with Gasteiger partial charge in [-0.2, -0.15) is 0 Å². The van der Waals surface area contributed by atoms with Gasteiger partial charge in [0, 0.05) is 30.2 Å². The Morgan fingerprint density at radius 2 is 1.92 bits per heavy atom. The van der Waals surface area contributed by atoms with E-state index < -0.39 is 15.9 Å². The third kappa shape index (κ3) is 3.28. The molecule has 2 aliphatic rings. The average molecular weight is 371 g/mol. The molecule has 1 aromatic carbocycles. The summed E-state index contributed by atoms with van der Waals surface area (Å²) in [5, 5.41) is 0.557. The van der Waals surface area contributed by atoms with Crippen molar-refractivity contribution in [2.45, 2.75) is 31.3 Å². The van der Waals surface area contributed by atoms with Crippen LogP contribution in [0.25, 0.3) is 0 Å². The molecule has 1 aromatic rings. The van der Waals surface area contributed by atoms with Gasteiger partial charge in [-0.3, -0.25) is 14.5 Å². The summed E-state index contributed by atoms with van der Waals surface area (Å²) in [6.45, 7) is 0. The van der Waals surface area contributed by atoms with Gasteiger partial charge >= 0.3 is 0 Å². The van der Waals surface area contributed by atoms with Gasteiger partial charge in [-0.15, -0.1) is 0 Å². The van der Waals surface area contributed by atoms with Crippen molar-refractivity contribution in [2.75, 3.05) is 23.5 Å². The van der Waals surface area contributed by atoms with E-state index in [1.165, 1.54) is 9.80 Å². The van der Waals surface area contributed by atoms with Gasteiger partial charge in [0.15, 0.2) is 9.84 Å². The summed E-state index contributed by atoms with van der Waals surface area (Å²) in [5.74, 6) is -0.211. The number of halogens is 1. The maximum Gasteiger partial charge on any atom is 0.245 e. The van der Waals surface area contributed by atoms with Gasteiger partial charge in [0.05, 0.1) is 11.5 Å². The molecule has 0 aliphatic carbocycles. The van der Waals surface area contributed by atoms with E-state index in [1.54, 1.807) is 31.3 Å². The maximum absolute atomic E-state index is 12.9. The molecule has 2 aliphatic heterocycles. The second kappa shape index (κ2) is 6.37. The molecule has 3 rings (SSSR count). The molecule has 0 saturated carbocycles. The van der Waals surface area contributed by atoms with Crippen molar-refractivity contribution in [1.29, 1.82) is 0 Å². The Morgan fingerprint density at radius 1 is 1.25 bits per heavy atom. The molecular formula is C16H19ClN2O4S. The third-order valence-corrected chi connectivity index (χ3v) is 6.71. The molecule has 0 bridgehead atoms. The van der Waals surface area contributed by atoms with E-state index in [2.05, 4.69) is 0 Å². The molecule has 0 radical (unpaired) electrons. The molecule has 2 amide bonds. The van der Waals surface area contributed by atoms with Gasteiger partial charge in [0.25, 0.3) is 0 Å². The minimum Gasteiger partial charge on any atom is -0.340 e. The Morgan fingerprint density at radius 3 is 2.50 bits per heavy atom. The van der Waals surface area contributed by atoms with E-state index in [1.807, 2.05) is 0 Å². The first-order valence-electron chi connectivity index (χ1n) is 7.83. The summed E-state index contributed by atoms with van der Waals surface area (Å²) in [4.78, 5) is 28.1. The summed E-state index contributed by atoms with van der Waals surface area (Å²) in [7, 11) is -1.45. The molecule has 24 heavy (non-hydrogen) atoms. The third-order valence-electron chi connectivity index (χ3n) is 4.71. The first-order chi connectivity index (χ1) is 11.3. The van der Waals surface area contributed by atoms with E-state index >= 15 is 0 Å². The molecule has 2 atom stereocenters. The molecule has 2 saturated heterocycles. The minimum atomic E-state index is -3.07. The zero-order valence-electron chi connectivity index (χ0n) is 13.3. The van der Waals surface area contributed by atoms with Crippen LogP contribution in [0.5, 0.6) is 0 Å². The zero-order valence-corrected chi connectivity index (χ0v) is 14.9. The summed E-state index contributed by atoms with van der Waals surface area (Å²) in [6.07, 6.45) is 1.19. The monoisotopic (exact) mass is 370 g/mol. The number of carbonyl (C=O) groups is 2. The first kappa shape index (κ1) is 17.2. The number of hydrogen-bond acceptors (Lipinski definition) is 4. The molecule has 130 valence electrons. The quantitative estimate of drug-likeness (QED) is 0.807. The van der Waals surface area contributed by atoms with Crippen molar-refractivity contribution in [3.8, 4) is 0 Å². The number of amides is 2. The highest BCUT2D eigenvalue weighted by Gasteiger charge is 2.41. The van der Waals surface area contributed by atoms with Gasteiger partial charge < -0.3 is 4.90 Å². The number of benzene rings is 1. The van der Waals surface area contributed by atoms with Gasteiger partial charge in [-0.25, -0.2) is 8.42 Å². The van der Waals surface area contributed by atoms with E-state index in [0.29, 0.717) is 30.0 Å². The predicted octanol–water partition coefficient (Wildman–Crippen LogP) is 1.48. The first-order valence-corrected chi connectivity index (χ1v) is 10.0. The highest BCUT2D eigenvalue weighted by molar-refractivity contribution is 7.91. The fraction of sp³-hybridized carbons (Fsp3) is 0.500. The summed E-state index contributed by atoms with van der Waals surface area (Å²) in [6, 6.07) is 5.88. The summed E-state index contributed by atoms with van der Waals surface area (Å²) < 4.78 is 23.3. The standard InChI is InChI=1S/C16H19ClN2O4S/c1-18(13-8-9-24(22,23)10-13)16(21)14-6-7-15(20)19(14)12-4-2-11(17)3-5-12/h2-5,13-14H,6-10H2,1H3. The fourth-order valence-electron chi connectivity index (χ4n) is 3.34. The van der Waals surface area contributed by atoms with E-state index in [4.69, 9.17) is 11.6 Å². The Balaban J connectivity index is 1.80. The Labute approximate surface area is 146 Å². The molecule has 2 heterocycles. The van der Waals surface area contributed by atoms with E-state index in [0.717, 1.165) is 0 Å². The van der Waals surface area contributed by atoms with Gasteiger partial charge in [-0.1, -0.05) is 11.6 Å². The molecule has 6 nitrogen and oxygen atoms in total. The van der Waals surface area contributed by atoms with Gasteiger partial charge in [0.2, 0.25) is 11.8 Å². The highest BCUT2D eigenvalue weighted by atomic mass is 35.5. The van der Waals surface area contributed by atoms with Crippen LogP contribution >= 0.6 is 11.6 Å². The lowest BCUT2D eigenvalue weighted by Crippen LogP contribution is -2.49. The number of carbonyl (C=O) groups excluding carboxylic acids is 2. The smallest absolute Gasteiger partial charge is 0.245 e. The van der Waals surface area contributed by atoms with Crippen LogP contribution in [0.3, 0.4) is 0 Å². The van der Waals surface area contributed by atoms with Crippen LogP contribution in [0.2, 0.25) is 5.02 Å². The minimum absolute atomic E-state index is 0.00312. The number of nitrogens with zero attached hydrogens (tertiary/aromatic N) is 2. The lowest BCUT2D eigenvalue weighted by molar-refractivity contribution is -0.133. The lowest BCUT2D eigenvalue weighted by Gasteiger charge is -2.31. The van der Waals surface area contributed by atoms with Crippen molar-refractivity contribution in [3.63, 3.8) is 0 Å². The van der Waals surface area contributed by atoms with Crippen LogP contribution < -0.4 is 4.90 Å². The van der Waals surface area contributed by atoms with Crippen LogP contribution in [0.1, 0.15) is 19.3 Å². The van der Waals surface area contributed by atoms with E-state index in [9.17, 15) is 18.0 Å². The molecular weight excluding hydrogens is 352 g/mol. The van der Waals surface area contributed by atoms with Crippen LogP contribution in [0.15, 0.2) is 24.3 Å². The molecule has 0 N–H and O–H groups in total. The number of likely N-dealkylation sites (N-methyl/N-ethyl adjacent to an activating group) is 1. The van der Waals surface area contributed by atoms with Crippen LogP contribution in [0, 0.1) is 0 Å². The molecule has 2 fully saturated rings. The number of rotatable bonds is 3. The number of anilines is 1. The highest BCUT2D eigenvalue weighted by Crippen LogP contribution is 2.29. The fourth-order valence-corrected chi connectivity index (χ4v) is 5.24. The van der Waals surface area contributed by atoms with Gasteiger partial charge in [-0.05, 0) is 37.1 Å². The molecule has 0 spiro atoms. The second-order valence-electron chi connectivity index (χ2n) is 6.30. The van der Waals surface area contributed by atoms with Crippen molar-refractivity contribution in [2.24, 2.45) is 0 Å².